The fraction of sp³-hybridized carbons (Fsp3) is 0.353. The van der Waals surface area contributed by atoms with Crippen molar-refractivity contribution in [2.45, 2.75) is 13.8 Å². The van der Waals surface area contributed by atoms with Crippen LogP contribution in [0.3, 0.4) is 0 Å². The van der Waals surface area contributed by atoms with Gasteiger partial charge in [-0.25, -0.2) is 0 Å². The number of carbonyl (C=O) groups is 1. The molecule has 0 aliphatic carbocycles. The highest BCUT2D eigenvalue weighted by Crippen LogP contribution is 2.23. The van der Waals surface area contributed by atoms with E-state index in [1.165, 1.54) is 18.2 Å². The molecule has 0 radical (unpaired) electrons. The summed E-state index contributed by atoms with van der Waals surface area (Å²) < 4.78 is 5.60. The van der Waals surface area contributed by atoms with Crippen molar-refractivity contribution in [3.63, 3.8) is 0 Å². The van der Waals surface area contributed by atoms with Crippen LogP contribution in [0.2, 0.25) is 0 Å². The molecule has 110 valence electrons. The molecule has 0 unspecified atom stereocenters. The van der Waals surface area contributed by atoms with Crippen LogP contribution in [0.4, 0.5) is 11.6 Å². The van der Waals surface area contributed by atoms with Gasteiger partial charge in [0.1, 0.15) is 0 Å². The number of hydrogen-bond donors (Lipinski definition) is 0. The lowest BCUT2D eigenvalue weighted by Gasteiger charge is -2.36. The Labute approximate surface area is 125 Å². The summed E-state index contributed by atoms with van der Waals surface area (Å²) in [6.45, 7) is 7.36. The third-order valence-corrected chi connectivity index (χ3v) is 3.90. The highest BCUT2D eigenvalue weighted by Gasteiger charge is 2.20. The predicted octanol–water partition coefficient (Wildman–Crippen LogP) is 3.12. The van der Waals surface area contributed by atoms with Crippen LogP contribution in [0, 0.1) is 6.92 Å². The van der Waals surface area contributed by atoms with Crippen LogP contribution in [0.5, 0.6) is 0 Å². The minimum absolute atomic E-state index is 0.0281. The van der Waals surface area contributed by atoms with Gasteiger partial charge in [0.05, 0.1) is 0 Å². The summed E-state index contributed by atoms with van der Waals surface area (Å²) in [7, 11) is 0. The lowest BCUT2D eigenvalue weighted by atomic mass is 10.2. The van der Waals surface area contributed by atoms with Gasteiger partial charge in [-0.1, -0.05) is 12.1 Å². The summed E-state index contributed by atoms with van der Waals surface area (Å²) in [4.78, 5) is 15.9. The number of anilines is 2. The number of carbonyl (C=O) groups excluding carboxylic acids is 1. The van der Waals surface area contributed by atoms with Crippen molar-refractivity contribution in [2.24, 2.45) is 0 Å². The van der Waals surface area contributed by atoms with Crippen LogP contribution in [0.1, 0.15) is 23.0 Å². The summed E-state index contributed by atoms with van der Waals surface area (Å²) in [5.74, 6) is 1.20. The molecule has 3 rings (SSSR count). The third-order valence-electron chi connectivity index (χ3n) is 3.90. The van der Waals surface area contributed by atoms with Crippen molar-refractivity contribution in [3.05, 3.63) is 47.7 Å². The van der Waals surface area contributed by atoms with Gasteiger partial charge in [0.2, 0.25) is 0 Å². The van der Waals surface area contributed by atoms with Crippen molar-refractivity contribution in [3.8, 4) is 0 Å². The van der Waals surface area contributed by atoms with E-state index >= 15 is 0 Å². The topological polar surface area (TPSA) is 36.7 Å². The van der Waals surface area contributed by atoms with Gasteiger partial charge < -0.3 is 14.2 Å². The lowest BCUT2D eigenvalue weighted by Crippen LogP contribution is -2.46. The maximum atomic E-state index is 11.3. The summed E-state index contributed by atoms with van der Waals surface area (Å²) in [6, 6.07) is 12.2. The van der Waals surface area contributed by atoms with Crippen LogP contribution < -0.4 is 9.80 Å². The summed E-state index contributed by atoms with van der Waals surface area (Å²) in [5.41, 5.74) is 2.56. The number of Topliss-reactive ketones (excluding diaryl/α,β-unsaturated/α-hetero) is 1. The van der Waals surface area contributed by atoms with E-state index in [4.69, 9.17) is 4.42 Å². The highest BCUT2D eigenvalue weighted by atomic mass is 16.4. The number of aryl methyl sites for hydroxylation is 1. The first kappa shape index (κ1) is 13.7. The molecule has 0 bridgehead atoms. The van der Waals surface area contributed by atoms with E-state index in [9.17, 15) is 4.79 Å². The van der Waals surface area contributed by atoms with Crippen LogP contribution in [0.15, 0.2) is 40.8 Å². The Morgan fingerprint density at radius 2 is 1.76 bits per heavy atom. The average molecular weight is 284 g/mol. The third kappa shape index (κ3) is 2.94. The van der Waals surface area contributed by atoms with Gasteiger partial charge in [0.15, 0.2) is 17.4 Å². The smallest absolute Gasteiger partial charge is 0.196 e. The number of ketones is 1. The Bertz CT molecular complexity index is 640. The second kappa shape index (κ2) is 5.64. The molecule has 4 heteroatoms. The van der Waals surface area contributed by atoms with E-state index < -0.39 is 0 Å². The molecule has 1 aromatic heterocycles. The Balaban J connectivity index is 1.66. The van der Waals surface area contributed by atoms with Gasteiger partial charge in [-0.3, -0.25) is 4.79 Å². The summed E-state index contributed by atoms with van der Waals surface area (Å²) in [6.07, 6.45) is 0. The van der Waals surface area contributed by atoms with Crippen LogP contribution in [0.25, 0.3) is 0 Å². The van der Waals surface area contributed by atoms with Crippen molar-refractivity contribution in [2.75, 3.05) is 36.0 Å². The first-order chi connectivity index (χ1) is 10.1. The number of rotatable bonds is 3. The minimum Gasteiger partial charge on any atom is -0.437 e. The number of hydrogen-bond acceptors (Lipinski definition) is 4. The molecule has 0 spiro atoms. The Hall–Kier alpha value is -2.23. The minimum atomic E-state index is -0.0281. The first-order valence-corrected chi connectivity index (χ1v) is 7.31. The Morgan fingerprint density at radius 3 is 2.38 bits per heavy atom. The van der Waals surface area contributed by atoms with E-state index in [1.807, 2.05) is 6.07 Å². The molecule has 1 aliphatic heterocycles. The zero-order valence-electron chi connectivity index (χ0n) is 12.5. The molecule has 0 atom stereocenters. The van der Waals surface area contributed by atoms with Gasteiger partial charge in [0, 0.05) is 44.9 Å². The van der Waals surface area contributed by atoms with Crippen molar-refractivity contribution in [1.29, 1.82) is 0 Å². The SMILES string of the molecule is CC(=O)c1ccc(N2CCN(c3cccc(C)c3)CC2)o1. The van der Waals surface area contributed by atoms with Crippen molar-refractivity contribution < 1.29 is 9.21 Å². The lowest BCUT2D eigenvalue weighted by molar-refractivity contribution is 0.0987. The molecule has 2 aromatic rings. The molecule has 0 saturated carbocycles. The van der Waals surface area contributed by atoms with Gasteiger partial charge in [-0.15, -0.1) is 0 Å². The molecule has 1 aromatic carbocycles. The number of piperazine rings is 1. The highest BCUT2D eigenvalue weighted by molar-refractivity contribution is 5.91. The Kier molecular flexibility index (Phi) is 3.69. The number of nitrogens with zero attached hydrogens (tertiary/aromatic N) is 2. The maximum Gasteiger partial charge on any atom is 0.196 e. The zero-order valence-corrected chi connectivity index (χ0v) is 12.5. The van der Waals surface area contributed by atoms with Gasteiger partial charge in [0.25, 0.3) is 0 Å². The molecule has 1 aliphatic rings. The van der Waals surface area contributed by atoms with Gasteiger partial charge in [-0.05, 0) is 30.7 Å². The number of benzene rings is 1. The fourth-order valence-corrected chi connectivity index (χ4v) is 2.70. The average Bonchev–Trinajstić information content (AvgIpc) is 2.97. The van der Waals surface area contributed by atoms with E-state index in [2.05, 4.69) is 41.0 Å². The largest absolute Gasteiger partial charge is 0.437 e. The zero-order chi connectivity index (χ0) is 14.8. The summed E-state index contributed by atoms with van der Waals surface area (Å²) in [5, 5.41) is 0. The molecule has 2 heterocycles. The fourth-order valence-electron chi connectivity index (χ4n) is 2.70. The Morgan fingerprint density at radius 1 is 1.05 bits per heavy atom. The van der Waals surface area contributed by atoms with E-state index in [0.29, 0.717) is 5.76 Å². The molecular weight excluding hydrogens is 264 g/mol. The summed E-state index contributed by atoms with van der Waals surface area (Å²) >= 11 is 0. The van der Waals surface area contributed by atoms with E-state index in [-0.39, 0.29) is 5.78 Å². The van der Waals surface area contributed by atoms with Crippen LogP contribution in [-0.4, -0.2) is 32.0 Å². The second-order valence-electron chi connectivity index (χ2n) is 5.51. The monoisotopic (exact) mass is 284 g/mol. The number of furan rings is 1. The van der Waals surface area contributed by atoms with Gasteiger partial charge in [-0.2, -0.15) is 0 Å². The molecular formula is C17H20N2O2. The van der Waals surface area contributed by atoms with Gasteiger partial charge >= 0.3 is 0 Å². The standard InChI is InChI=1S/C17H20N2O2/c1-13-4-3-5-15(12-13)18-8-10-19(11-9-18)17-7-6-16(21-17)14(2)20/h3-7,12H,8-11H2,1-2H3. The quantitative estimate of drug-likeness (QED) is 0.811. The molecule has 21 heavy (non-hydrogen) atoms. The van der Waals surface area contributed by atoms with Crippen molar-refractivity contribution in [1.82, 2.24) is 0 Å². The van der Waals surface area contributed by atoms with E-state index in [1.54, 1.807) is 6.07 Å². The molecule has 1 fully saturated rings. The normalized spacial score (nSPS) is 15.3. The molecule has 0 N–H and O–H groups in total. The van der Waals surface area contributed by atoms with E-state index in [0.717, 1.165) is 32.1 Å². The molecule has 0 amide bonds. The second-order valence-corrected chi connectivity index (χ2v) is 5.51. The predicted molar refractivity (Wildman–Crippen MR) is 84.3 cm³/mol. The molecule has 4 nitrogen and oxygen atoms in total. The van der Waals surface area contributed by atoms with Crippen LogP contribution in [-0.2, 0) is 0 Å². The molecule has 1 saturated heterocycles. The van der Waals surface area contributed by atoms with Crippen LogP contribution >= 0.6 is 0 Å². The van der Waals surface area contributed by atoms with Crippen molar-refractivity contribution >= 4 is 17.4 Å². The maximum absolute atomic E-state index is 11.3. The first-order valence-electron chi connectivity index (χ1n) is 7.31.